The van der Waals surface area contributed by atoms with E-state index < -0.39 is 5.97 Å². The number of Topliss-reactive ketones (excluding diaryl/α,β-unsaturated/α-hetero) is 1. The summed E-state index contributed by atoms with van der Waals surface area (Å²) in [6, 6.07) is 0. The van der Waals surface area contributed by atoms with Crippen LogP contribution in [-0.2, 0) is 19.1 Å². The molecule has 13 heavy (non-hydrogen) atoms. The average molecular weight is 186 g/mol. The molecule has 0 unspecified atom stereocenters. The lowest BCUT2D eigenvalue weighted by atomic mass is 10.3. The quantitative estimate of drug-likeness (QED) is 0.501. The normalized spacial score (nSPS) is 13.3. The highest BCUT2D eigenvalue weighted by atomic mass is 16.6. The van der Waals surface area contributed by atoms with E-state index in [0.29, 0.717) is 12.2 Å². The SMILES string of the molecule is C=C1CC(=O)O1.CC(=O)CC(=O)O. The number of aliphatic carboxylic acids is 1. The van der Waals surface area contributed by atoms with Gasteiger partial charge in [0.1, 0.15) is 24.4 Å². The molecule has 1 rings (SSSR count). The summed E-state index contributed by atoms with van der Waals surface area (Å²) in [6.07, 6.45) is 0.0556. The zero-order chi connectivity index (χ0) is 10.4. The minimum absolute atomic E-state index is 0.167. The molecule has 0 aromatic heterocycles. The predicted molar refractivity (Wildman–Crippen MR) is 42.8 cm³/mol. The van der Waals surface area contributed by atoms with Crippen molar-refractivity contribution in [1.29, 1.82) is 0 Å². The topological polar surface area (TPSA) is 80.7 Å². The van der Waals surface area contributed by atoms with Crippen LogP contribution in [0.15, 0.2) is 12.3 Å². The molecule has 5 nitrogen and oxygen atoms in total. The van der Waals surface area contributed by atoms with Gasteiger partial charge in [-0.15, -0.1) is 0 Å². The highest BCUT2D eigenvalue weighted by Crippen LogP contribution is 2.13. The van der Waals surface area contributed by atoms with Crippen molar-refractivity contribution in [3.05, 3.63) is 12.3 Å². The zero-order valence-electron chi connectivity index (χ0n) is 7.20. The van der Waals surface area contributed by atoms with Crippen LogP contribution in [0.1, 0.15) is 19.8 Å². The Bertz CT molecular complexity index is 219. The van der Waals surface area contributed by atoms with Gasteiger partial charge >= 0.3 is 11.9 Å². The third-order valence-corrected chi connectivity index (χ3v) is 1.000. The van der Waals surface area contributed by atoms with Crippen LogP contribution in [0.2, 0.25) is 0 Å². The Labute approximate surface area is 75.0 Å². The molecule has 0 saturated carbocycles. The van der Waals surface area contributed by atoms with Crippen molar-refractivity contribution >= 4 is 17.7 Å². The number of esters is 1. The van der Waals surface area contributed by atoms with Gasteiger partial charge in [-0.25, -0.2) is 0 Å². The molecule has 1 aliphatic rings. The third-order valence-electron chi connectivity index (χ3n) is 1.000. The van der Waals surface area contributed by atoms with Gasteiger partial charge in [0.15, 0.2) is 0 Å². The van der Waals surface area contributed by atoms with Crippen LogP contribution in [0.3, 0.4) is 0 Å². The molecule has 1 fully saturated rings. The number of carbonyl (C=O) groups is 3. The number of carbonyl (C=O) groups excluding carboxylic acids is 2. The van der Waals surface area contributed by atoms with Crippen molar-refractivity contribution in [2.75, 3.05) is 0 Å². The lowest BCUT2D eigenvalue weighted by Gasteiger charge is -2.12. The summed E-state index contributed by atoms with van der Waals surface area (Å²) in [5, 5.41) is 7.86. The first-order chi connectivity index (χ1) is 5.91. The Hall–Kier alpha value is -1.65. The summed E-state index contributed by atoms with van der Waals surface area (Å²) in [4.78, 5) is 29.3. The molecular formula is C8H10O5. The van der Waals surface area contributed by atoms with Gasteiger partial charge in [0.25, 0.3) is 0 Å². The maximum absolute atomic E-state index is 9.87. The number of carboxylic acids is 1. The van der Waals surface area contributed by atoms with Gasteiger partial charge in [0.2, 0.25) is 0 Å². The van der Waals surface area contributed by atoms with E-state index in [4.69, 9.17) is 5.11 Å². The molecule has 0 atom stereocenters. The summed E-state index contributed by atoms with van der Waals surface area (Å²) in [5.41, 5.74) is 0. The molecule has 0 radical (unpaired) electrons. The largest absolute Gasteiger partial charge is 0.481 e. The second-order valence-corrected chi connectivity index (χ2v) is 2.46. The highest BCUT2D eigenvalue weighted by Gasteiger charge is 2.17. The Kier molecular flexibility index (Phi) is 4.43. The Morgan fingerprint density at radius 3 is 2.08 bits per heavy atom. The molecule has 0 aromatic rings. The molecule has 72 valence electrons. The van der Waals surface area contributed by atoms with Crippen LogP contribution in [0.25, 0.3) is 0 Å². The number of ether oxygens (including phenoxy) is 1. The van der Waals surface area contributed by atoms with Crippen LogP contribution >= 0.6 is 0 Å². The molecule has 1 saturated heterocycles. The van der Waals surface area contributed by atoms with E-state index in [2.05, 4.69) is 11.3 Å². The first-order valence-electron chi connectivity index (χ1n) is 3.51. The summed E-state index contributed by atoms with van der Waals surface area (Å²) in [5.74, 6) is -0.958. The van der Waals surface area contributed by atoms with Crippen LogP contribution < -0.4 is 0 Å². The molecule has 5 heteroatoms. The number of hydrogen-bond donors (Lipinski definition) is 1. The summed E-state index contributed by atoms with van der Waals surface area (Å²) >= 11 is 0. The Morgan fingerprint density at radius 1 is 1.62 bits per heavy atom. The Morgan fingerprint density at radius 2 is 2.08 bits per heavy atom. The summed E-state index contributed by atoms with van der Waals surface area (Å²) in [7, 11) is 0. The van der Waals surface area contributed by atoms with E-state index in [1.807, 2.05) is 0 Å². The molecule has 0 spiro atoms. The van der Waals surface area contributed by atoms with Crippen molar-refractivity contribution in [2.45, 2.75) is 19.8 Å². The molecule has 0 aliphatic carbocycles. The molecule has 0 bridgehead atoms. The second-order valence-electron chi connectivity index (χ2n) is 2.46. The lowest BCUT2D eigenvalue weighted by Crippen LogP contribution is -2.15. The van der Waals surface area contributed by atoms with Crippen LogP contribution in [0.5, 0.6) is 0 Å². The fraction of sp³-hybridized carbons (Fsp3) is 0.375. The Balaban J connectivity index is 0.000000223. The van der Waals surface area contributed by atoms with Gasteiger partial charge in [-0.05, 0) is 6.92 Å². The van der Waals surface area contributed by atoms with Gasteiger partial charge in [0, 0.05) is 0 Å². The van der Waals surface area contributed by atoms with E-state index in [-0.39, 0.29) is 18.2 Å². The minimum Gasteiger partial charge on any atom is -0.481 e. The maximum Gasteiger partial charge on any atom is 0.318 e. The van der Waals surface area contributed by atoms with Crippen molar-refractivity contribution in [2.24, 2.45) is 0 Å². The van der Waals surface area contributed by atoms with E-state index in [9.17, 15) is 14.4 Å². The smallest absolute Gasteiger partial charge is 0.318 e. The van der Waals surface area contributed by atoms with Crippen LogP contribution in [-0.4, -0.2) is 22.8 Å². The molecule has 1 aliphatic heterocycles. The highest BCUT2D eigenvalue weighted by molar-refractivity contribution is 5.93. The first-order valence-corrected chi connectivity index (χ1v) is 3.51. The lowest BCUT2D eigenvalue weighted by molar-refractivity contribution is -0.148. The van der Waals surface area contributed by atoms with Gasteiger partial charge in [-0.2, -0.15) is 0 Å². The van der Waals surface area contributed by atoms with Crippen molar-refractivity contribution in [3.63, 3.8) is 0 Å². The number of ketones is 1. The fourth-order valence-corrected chi connectivity index (χ4v) is 0.527. The van der Waals surface area contributed by atoms with E-state index in [1.165, 1.54) is 6.92 Å². The number of hydrogen-bond acceptors (Lipinski definition) is 4. The average Bonchev–Trinajstić information content (AvgIpc) is 1.82. The number of carboxylic acid groups (broad SMARTS) is 1. The van der Waals surface area contributed by atoms with E-state index in [0.717, 1.165) is 0 Å². The monoisotopic (exact) mass is 186 g/mol. The summed E-state index contributed by atoms with van der Waals surface area (Å²) < 4.78 is 4.31. The van der Waals surface area contributed by atoms with Gasteiger partial charge in [0.05, 0.1) is 0 Å². The molecule has 0 aromatic carbocycles. The molecule has 1 N–H and O–H groups in total. The molecule has 0 amide bonds. The first kappa shape index (κ1) is 11.4. The van der Waals surface area contributed by atoms with Crippen molar-refractivity contribution < 1.29 is 24.2 Å². The second kappa shape index (κ2) is 5.08. The van der Waals surface area contributed by atoms with Gasteiger partial charge in [-0.3, -0.25) is 14.4 Å². The number of cyclic esters (lactones) is 1. The van der Waals surface area contributed by atoms with Crippen LogP contribution in [0.4, 0.5) is 0 Å². The minimum atomic E-state index is -1.06. The summed E-state index contributed by atoms with van der Waals surface area (Å²) in [6.45, 7) is 4.61. The molecule has 1 heterocycles. The van der Waals surface area contributed by atoms with Crippen molar-refractivity contribution in [3.8, 4) is 0 Å². The predicted octanol–water partition coefficient (Wildman–Crippen LogP) is 0.497. The van der Waals surface area contributed by atoms with Crippen molar-refractivity contribution in [1.82, 2.24) is 0 Å². The maximum atomic E-state index is 9.87. The zero-order valence-corrected chi connectivity index (χ0v) is 7.20. The number of rotatable bonds is 2. The van der Waals surface area contributed by atoms with E-state index >= 15 is 0 Å². The van der Waals surface area contributed by atoms with Crippen LogP contribution in [0, 0.1) is 0 Å². The fourth-order valence-electron chi connectivity index (χ4n) is 0.527. The van der Waals surface area contributed by atoms with E-state index in [1.54, 1.807) is 0 Å². The molecular weight excluding hydrogens is 176 g/mol. The van der Waals surface area contributed by atoms with Gasteiger partial charge < -0.3 is 9.84 Å². The standard InChI is InChI=1S/C4H6O3.C4H4O2/c1-3(5)2-4(6)7;1-3-2-4(5)6-3/h2H2,1H3,(H,6,7);1-2H2. The third kappa shape index (κ3) is 6.74. The van der Waals surface area contributed by atoms with Gasteiger partial charge in [-0.1, -0.05) is 6.58 Å².